The normalized spacial score (nSPS) is 22.5. The average Bonchev–Trinajstić information content (AvgIpc) is 3.29. The Bertz CT molecular complexity index is 1040. The highest BCUT2D eigenvalue weighted by Crippen LogP contribution is 2.43. The summed E-state index contributed by atoms with van der Waals surface area (Å²) in [5.74, 6) is -0.292. The molecule has 2 atom stereocenters. The molecule has 2 aromatic rings. The molecule has 1 aliphatic heterocycles. The van der Waals surface area contributed by atoms with Gasteiger partial charge < -0.3 is 5.21 Å². The van der Waals surface area contributed by atoms with Crippen molar-refractivity contribution in [2.45, 2.75) is 37.4 Å². The minimum atomic E-state index is -3.17. The van der Waals surface area contributed by atoms with Gasteiger partial charge in [-0.25, -0.2) is 21.7 Å². The van der Waals surface area contributed by atoms with Gasteiger partial charge in [-0.2, -0.15) is 0 Å². The molecule has 1 saturated carbocycles. The number of rotatable bonds is 8. The van der Waals surface area contributed by atoms with E-state index in [1.165, 1.54) is 6.07 Å². The van der Waals surface area contributed by atoms with Crippen LogP contribution in [0.15, 0.2) is 32.5 Å². The number of oxime groups is 1. The van der Waals surface area contributed by atoms with Gasteiger partial charge in [-0.1, -0.05) is 16.4 Å². The van der Waals surface area contributed by atoms with E-state index in [2.05, 4.69) is 31.4 Å². The van der Waals surface area contributed by atoms with Crippen LogP contribution < -0.4 is 0 Å². The van der Waals surface area contributed by atoms with Crippen LogP contribution in [-0.4, -0.2) is 52.3 Å². The Kier molecular flexibility index (Phi) is 5.71. The van der Waals surface area contributed by atoms with Crippen molar-refractivity contribution in [2.24, 2.45) is 11.1 Å². The molecule has 2 unspecified atom stereocenters. The maximum absolute atomic E-state index is 13.4. The van der Waals surface area contributed by atoms with E-state index >= 15 is 0 Å². The standard InChI is InChI=1S/C18H20BrFN4O4S/c19-13-8-11(2-4-14(13)20)9-16(21-25)18-15(22-28-23-18)5-3-12-10-17(12)29(26,27)24-6-1-7-24/h2,4,8,12,17,25H,1,3,5-7,9-10H2/b21-16+. The number of aryl methyl sites for hydroxylation is 1. The first kappa shape index (κ1) is 20.4. The Morgan fingerprint density at radius 1 is 1.38 bits per heavy atom. The van der Waals surface area contributed by atoms with E-state index in [0.29, 0.717) is 48.2 Å². The molecular formula is C18H20BrFN4O4S. The maximum atomic E-state index is 13.4. The topological polar surface area (TPSA) is 109 Å². The zero-order chi connectivity index (χ0) is 20.6. The van der Waals surface area contributed by atoms with Crippen LogP contribution >= 0.6 is 15.9 Å². The largest absolute Gasteiger partial charge is 0.411 e. The van der Waals surface area contributed by atoms with Gasteiger partial charge in [-0.05, 0) is 70.4 Å². The Labute approximate surface area is 175 Å². The second-order valence-corrected chi connectivity index (χ2v) is 10.4. The van der Waals surface area contributed by atoms with E-state index < -0.39 is 10.0 Å². The predicted molar refractivity (Wildman–Crippen MR) is 106 cm³/mol. The predicted octanol–water partition coefficient (Wildman–Crippen LogP) is 2.75. The summed E-state index contributed by atoms with van der Waals surface area (Å²) in [6, 6.07) is 4.51. The first-order valence-corrected chi connectivity index (χ1v) is 11.7. The molecule has 11 heteroatoms. The molecule has 1 N–H and O–H groups in total. The van der Waals surface area contributed by atoms with Gasteiger partial charge in [0.2, 0.25) is 10.0 Å². The number of nitrogens with zero attached hydrogens (tertiary/aromatic N) is 4. The smallest absolute Gasteiger partial charge is 0.217 e. The Hall–Kier alpha value is -1.85. The third-order valence-corrected chi connectivity index (χ3v) is 8.51. The molecule has 2 fully saturated rings. The lowest BCUT2D eigenvalue weighted by molar-refractivity contribution is 0.300. The molecule has 156 valence electrons. The molecule has 1 saturated heterocycles. The van der Waals surface area contributed by atoms with Crippen molar-refractivity contribution < 1.29 is 22.6 Å². The number of benzene rings is 1. The zero-order valence-corrected chi connectivity index (χ0v) is 17.9. The monoisotopic (exact) mass is 486 g/mol. The lowest BCUT2D eigenvalue weighted by atomic mass is 10.0. The third kappa shape index (κ3) is 4.22. The number of hydrogen-bond acceptors (Lipinski definition) is 7. The zero-order valence-electron chi connectivity index (χ0n) is 15.5. The second-order valence-electron chi connectivity index (χ2n) is 7.40. The highest BCUT2D eigenvalue weighted by atomic mass is 79.9. The fourth-order valence-electron chi connectivity index (χ4n) is 3.54. The fourth-order valence-corrected chi connectivity index (χ4v) is 6.23. The third-order valence-electron chi connectivity index (χ3n) is 5.47. The minimum absolute atomic E-state index is 0.0905. The van der Waals surface area contributed by atoms with E-state index in [0.717, 1.165) is 12.0 Å². The van der Waals surface area contributed by atoms with Gasteiger partial charge in [0.05, 0.1) is 9.72 Å². The maximum Gasteiger partial charge on any atom is 0.217 e. The summed E-state index contributed by atoms with van der Waals surface area (Å²) in [7, 11) is -3.17. The van der Waals surface area contributed by atoms with Crippen molar-refractivity contribution >= 4 is 31.7 Å². The van der Waals surface area contributed by atoms with Gasteiger partial charge in [-0.3, -0.25) is 0 Å². The minimum Gasteiger partial charge on any atom is -0.411 e. The van der Waals surface area contributed by atoms with E-state index in [9.17, 15) is 18.0 Å². The van der Waals surface area contributed by atoms with Gasteiger partial charge in [0, 0.05) is 19.5 Å². The summed E-state index contributed by atoms with van der Waals surface area (Å²) in [5.41, 5.74) is 1.82. The summed E-state index contributed by atoms with van der Waals surface area (Å²) in [6.07, 6.45) is 2.91. The van der Waals surface area contributed by atoms with Crippen LogP contribution in [0.5, 0.6) is 0 Å². The molecule has 1 aromatic carbocycles. The molecule has 2 aliphatic rings. The summed E-state index contributed by atoms with van der Waals surface area (Å²) in [4.78, 5) is 0. The van der Waals surface area contributed by atoms with Crippen LogP contribution in [0.3, 0.4) is 0 Å². The lowest BCUT2D eigenvalue weighted by Crippen LogP contribution is -2.44. The van der Waals surface area contributed by atoms with Crippen LogP contribution in [0.1, 0.15) is 36.2 Å². The van der Waals surface area contributed by atoms with Gasteiger partial charge in [0.15, 0.2) is 5.69 Å². The number of hydrogen-bond donors (Lipinski definition) is 1. The number of halogens is 2. The fraction of sp³-hybridized carbons (Fsp3) is 0.500. The van der Waals surface area contributed by atoms with Crippen LogP contribution in [0.4, 0.5) is 4.39 Å². The van der Waals surface area contributed by atoms with Crippen LogP contribution in [0.2, 0.25) is 0 Å². The van der Waals surface area contributed by atoms with E-state index in [-0.39, 0.29) is 29.1 Å². The van der Waals surface area contributed by atoms with E-state index in [1.807, 2.05) is 0 Å². The summed E-state index contributed by atoms with van der Waals surface area (Å²) < 4.78 is 45.0. The SMILES string of the molecule is O=S(=O)(C1CC1CCc1nonc1/C(Cc1ccc(F)c(Br)c1)=N/O)N1CCC1. The summed E-state index contributed by atoms with van der Waals surface area (Å²) in [5, 5.41) is 20.2. The lowest BCUT2D eigenvalue weighted by Gasteiger charge is -2.29. The first-order chi connectivity index (χ1) is 13.9. The molecule has 1 aromatic heterocycles. The average molecular weight is 487 g/mol. The van der Waals surface area contributed by atoms with Gasteiger partial charge in [0.25, 0.3) is 0 Å². The van der Waals surface area contributed by atoms with Crippen molar-refractivity contribution in [3.8, 4) is 0 Å². The Morgan fingerprint density at radius 2 is 2.17 bits per heavy atom. The highest BCUT2D eigenvalue weighted by Gasteiger charge is 2.50. The van der Waals surface area contributed by atoms with Gasteiger partial charge in [-0.15, -0.1) is 0 Å². The van der Waals surface area contributed by atoms with Crippen molar-refractivity contribution in [3.05, 3.63) is 45.4 Å². The molecule has 0 amide bonds. The molecule has 0 spiro atoms. The molecule has 2 heterocycles. The van der Waals surface area contributed by atoms with E-state index in [4.69, 9.17) is 4.63 Å². The molecule has 8 nitrogen and oxygen atoms in total. The highest BCUT2D eigenvalue weighted by molar-refractivity contribution is 9.10. The molecular weight excluding hydrogens is 467 g/mol. The van der Waals surface area contributed by atoms with Crippen molar-refractivity contribution in [2.75, 3.05) is 13.1 Å². The number of sulfonamides is 1. The molecule has 4 rings (SSSR count). The van der Waals surface area contributed by atoms with Gasteiger partial charge in [0.1, 0.15) is 17.2 Å². The second kappa shape index (κ2) is 8.11. The van der Waals surface area contributed by atoms with Crippen molar-refractivity contribution in [1.29, 1.82) is 0 Å². The molecule has 1 aliphatic carbocycles. The molecule has 29 heavy (non-hydrogen) atoms. The quantitative estimate of drug-likeness (QED) is 0.349. The molecule has 0 radical (unpaired) electrons. The molecule has 0 bridgehead atoms. The van der Waals surface area contributed by atoms with Gasteiger partial charge >= 0.3 is 0 Å². The Balaban J connectivity index is 1.39. The van der Waals surface area contributed by atoms with Crippen LogP contribution in [0, 0.1) is 11.7 Å². The summed E-state index contributed by atoms with van der Waals surface area (Å²) in [6.45, 7) is 1.25. The van der Waals surface area contributed by atoms with E-state index in [1.54, 1.807) is 16.4 Å². The summed E-state index contributed by atoms with van der Waals surface area (Å²) >= 11 is 3.13. The van der Waals surface area contributed by atoms with Crippen molar-refractivity contribution in [3.63, 3.8) is 0 Å². The number of aromatic nitrogens is 2. The first-order valence-electron chi connectivity index (χ1n) is 9.35. The Morgan fingerprint density at radius 3 is 2.83 bits per heavy atom. The van der Waals surface area contributed by atoms with Crippen LogP contribution in [-0.2, 0) is 22.9 Å². The van der Waals surface area contributed by atoms with Crippen molar-refractivity contribution in [1.82, 2.24) is 14.6 Å². The van der Waals surface area contributed by atoms with Crippen LogP contribution in [0.25, 0.3) is 0 Å².